The van der Waals surface area contributed by atoms with Gasteiger partial charge in [-0.3, -0.25) is 4.79 Å². The van der Waals surface area contributed by atoms with Gasteiger partial charge >= 0.3 is 0 Å². The zero-order valence-corrected chi connectivity index (χ0v) is 13.3. The average molecular weight is 302 g/mol. The molecular weight excluding hydrogens is 280 g/mol. The van der Waals surface area contributed by atoms with Gasteiger partial charge < -0.3 is 18.9 Å². The predicted octanol–water partition coefficient (Wildman–Crippen LogP) is 1.71. The number of rotatable bonds is 4. The van der Waals surface area contributed by atoms with Crippen molar-refractivity contribution in [2.75, 3.05) is 39.3 Å². The molecule has 118 valence electrons. The Hall–Kier alpha value is -2.08. The lowest BCUT2D eigenvalue weighted by Crippen LogP contribution is -2.34. The molecule has 1 unspecified atom stereocenters. The minimum atomic E-state index is 0.0332. The van der Waals surface area contributed by atoms with Gasteiger partial charge in [0.1, 0.15) is 6.61 Å². The lowest BCUT2D eigenvalue weighted by atomic mass is 10.1. The highest BCUT2D eigenvalue weighted by Crippen LogP contribution is 2.32. The topological polar surface area (TPSA) is 50.1 Å². The lowest BCUT2D eigenvalue weighted by molar-refractivity contribution is -0.136. The summed E-state index contributed by atoms with van der Waals surface area (Å²) in [6.07, 6.45) is 6.00. The van der Waals surface area contributed by atoms with E-state index in [1.54, 1.807) is 7.11 Å². The van der Waals surface area contributed by atoms with Gasteiger partial charge in [-0.1, -0.05) is 0 Å². The largest absolute Gasteiger partial charge is 0.375 e. The van der Waals surface area contributed by atoms with E-state index in [2.05, 4.69) is 10.5 Å². The summed E-state index contributed by atoms with van der Waals surface area (Å²) in [6.45, 7) is 0.901. The maximum Gasteiger partial charge on any atom is 0.249 e. The smallest absolute Gasteiger partial charge is 0.249 e. The van der Waals surface area contributed by atoms with E-state index in [1.165, 1.54) is 0 Å². The summed E-state index contributed by atoms with van der Waals surface area (Å²) in [5, 5.41) is 0. The van der Waals surface area contributed by atoms with Gasteiger partial charge in [-0.05, 0) is 25.0 Å². The number of nitrogens with zero attached hydrogens (tertiary/aromatic N) is 4. The number of amides is 1. The van der Waals surface area contributed by atoms with Crippen molar-refractivity contribution in [3.05, 3.63) is 30.2 Å². The Morgan fingerprint density at radius 1 is 1.50 bits per heavy atom. The van der Waals surface area contributed by atoms with Crippen molar-refractivity contribution in [3.63, 3.8) is 0 Å². The second-order valence-corrected chi connectivity index (χ2v) is 5.86. The first kappa shape index (κ1) is 14.8. The van der Waals surface area contributed by atoms with Gasteiger partial charge in [0, 0.05) is 40.1 Å². The molecule has 1 aliphatic heterocycles. The molecule has 1 aliphatic rings. The standard InChI is InChI=1S/C16H22N4O2/c1-18(2)16-14-7-4-8-19(14)10-12(17-16)13-6-5-9-20(13)15(21)11-22-3/h4,7-8,10,13H,5-6,9,11H2,1-3H3. The first-order valence-corrected chi connectivity index (χ1v) is 7.55. The summed E-state index contributed by atoms with van der Waals surface area (Å²) in [7, 11) is 5.53. The van der Waals surface area contributed by atoms with E-state index >= 15 is 0 Å². The molecular formula is C16H22N4O2. The molecule has 22 heavy (non-hydrogen) atoms. The van der Waals surface area contributed by atoms with Crippen molar-refractivity contribution in [3.8, 4) is 0 Å². The normalized spacial score (nSPS) is 18.1. The second-order valence-electron chi connectivity index (χ2n) is 5.86. The van der Waals surface area contributed by atoms with Crippen molar-refractivity contribution in [1.29, 1.82) is 0 Å². The van der Waals surface area contributed by atoms with E-state index in [0.717, 1.165) is 36.4 Å². The van der Waals surface area contributed by atoms with Gasteiger partial charge in [-0.15, -0.1) is 0 Å². The molecule has 6 heteroatoms. The van der Waals surface area contributed by atoms with Crippen LogP contribution in [0.2, 0.25) is 0 Å². The van der Waals surface area contributed by atoms with E-state index in [0.29, 0.717) is 0 Å². The highest BCUT2D eigenvalue weighted by atomic mass is 16.5. The molecule has 0 N–H and O–H groups in total. The van der Waals surface area contributed by atoms with Gasteiger partial charge in [0.15, 0.2) is 5.82 Å². The van der Waals surface area contributed by atoms with Crippen LogP contribution < -0.4 is 4.90 Å². The van der Waals surface area contributed by atoms with Crippen molar-refractivity contribution in [2.45, 2.75) is 18.9 Å². The van der Waals surface area contributed by atoms with Crippen molar-refractivity contribution >= 4 is 17.2 Å². The van der Waals surface area contributed by atoms with Gasteiger partial charge in [-0.25, -0.2) is 4.98 Å². The van der Waals surface area contributed by atoms with Crippen LogP contribution in [0.3, 0.4) is 0 Å². The molecule has 0 saturated carbocycles. The fourth-order valence-electron chi connectivity index (χ4n) is 3.12. The summed E-state index contributed by atoms with van der Waals surface area (Å²) in [5.74, 6) is 0.958. The third-order valence-corrected chi connectivity index (χ3v) is 4.12. The number of methoxy groups -OCH3 is 1. The molecule has 1 saturated heterocycles. The van der Waals surface area contributed by atoms with Crippen LogP contribution in [0, 0.1) is 0 Å². The molecule has 2 aromatic heterocycles. The Morgan fingerprint density at radius 3 is 3.05 bits per heavy atom. The fourth-order valence-corrected chi connectivity index (χ4v) is 3.12. The van der Waals surface area contributed by atoms with Gasteiger partial charge in [0.25, 0.3) is 0 Å². The van der Waals surface area contributed by atoms with Crippen LogP contribution in [0.5, 0.6) is 0 Å². The monoisotopic (exact) mass is 302 g/mol. The Balaban J connectivity index is 2.00. The van der Waals surface area contributed by atoms with E-state index in [-0.39, 0.29) is 18.6 Å². The highest BCUT2D eigenvalue weighted by molar-refractivity contribution is 5.78. The molecule has 0 spiro atoms. The molecule has 1 fully saturated rings. The van der Waals surface area contributed by atoms with Gasteiger partial charge in [0.05, 0.1) is 17.3 Å². The van der Waals surface area contributed by atoms with Crippen LogP contribution >= 0.6 is 0 Å². The molecule has 0 aliphatic carbocycles. The average Bonchev–Trinajstić information content (AvgIpc) is 3.14. The molecule has 3 rings (SSSR count). The molecule has 0 aromatic carbocycles. The van der Waals surface area contributed by atoms with E-state index in [9.17, 15) is 4.79 Å². The molecule has 0 bridgehead atoms. The molecule has 3 heterocycles. The summed E-state index contributed by atoms with van der Waals surface area (Å²) in [6, 6.07) is 4.10. The molecule has 6 nitrogen and oxygen atoms in total. The van der Waals surface area contributed by atoms with Crippen LogP contribution in [-0.4, -0.2) is 54.5 Å². The molecule has 2 aromatic rings. The second kappa shape index (κ2) is 5.96. The number of carbonyl (C=O) groups is 1. The zero-order valence-electron chi connectivity index (χ0n) is 13.3. The number of carbonyl (C=O) groups excluding carboxylic acids is 1. The molecule has 1 amide bonds. The summed E-state index contributed by atoms with van der Waals surface area (Å²) < 4.78 is 7.07. The van der Waals surface area contributed by atoms with E-state index in [4.69, 9.17) is 9.72 Å². The maximum atomic E-state index is 12.2. The van der Waals surface area contributed by atoms with Crippen LogP contribution in [0.15, 0.2) is 24.5 Å². The number of anilines is 1. The summed E-state index contributed by atoms with van der Waals surface area (Å²) >= 11 is 0. The maximum absolute atomic E-state index is 12.2. The van der Waals surface area contributed by atoms with Crippen LogP contribution in [0.25, 0.3) is 5.52 Å². The van der Waals surface area contributed by atoms with E-state index in [1.807, 2.05) is 42.4 Å². The number of aromatic nitrogens is 2. The molecule has 1 atom stereocenters. The number of hydrogen-bond acceptors (Lipinski definition) is 4. The van der Waals surface area contributed by atoms with Crippen molar-refractivity contribution < 1.29 is 9.53 Å². The van der Waals surface area contributed by atoms with Crippen molar-refractivity contribution in [1.82, 2.24) is 14.3 Å². The number of likely N-dealkylation sites (tertiary alicyclic amines) is 1. The minimum Gasteiger partial charge on any atom is -0.375 e. The highest BCUT2D eigenvalue weighted by Gasteiger charge is 2.31. The van der Waals surface area contributed by atoms with Crippen LogP contribution in [0.1, 0.15) is 24.6 Å². The SMILES string of the molecule is COCC(=O)N1CCCC1c1cn2cccc2c(N(C)C)n1. The Bertz CT molecular complexity index is 680. The lowest BCUT2D eigenvalue weighted by Gasteiger charge is -2.25. The van der Waals surface area contributed by atoms with Crippen LogP contribution in [-0.2, 0) is 9.53 Å². The van der Waals surface area contributed by atoms with Gasteiger partial charge in [0.2, 0.25) is 5.91 Å². The first-order chi connectivity index (χ1) is 10.6. The summed E-state index contributed by atoms with van der Waals surface area (Å²) in [4.78, 5) is 20.9. The quantitative estimate of drug-likeness (QED) is 0.863. The fraction of sp³-hybridized carbons (Fsp3) is 0.500. The minimum absolute atomic E-state index is 0.0332. The number of fused-ring (bicyclic) bond motifs is 1. The first-order valence-electron chi connectivity index (χ1n) is 7.55. The Kier molecular flexibility index (Phi) is 4.02. The van der Waals surface area contributed by atoms with E-state index < -0.39 is 0 Å². The number of ether oxygens (including phenoxy) is 1. The van der Waals surface area contributed by atoms with Crippen molar-refractivity contribution in [2.24, 2.45) is 0 Å². The van der Waals surface area contributed by atoms with Crippen LogP contribution in [0.4, 0.5) is 5.82 Å². The summed E-state index contributed by atoms with van der Waals surface area (Å²) in [5.41, 5.74) is 2.01. The third kappa shape index (κ3) is 2.54. The molecule has 0 radical (unpaired) electrons. The zero-order chi connectivity index (χ0) is 15.7. The van der Waals surface area contributed by atoms with Gasteiger partial charge in [-0.2, -0.15) is 0 Å². The Labute approximate surface area is 130 Å². The third-order valence-electron chi connectivity index (χ3n) is 4.12. The Morgan fingerprint density at radius 2 is 2.32 bits per heavy atom. The predicted molar refractivity (Wildman–Crippen MR) is 85.1 cm³/mol. The number of hydrogen-bond donors (Lipinski definition) is 0.